The quantitative estimate of drug-likeness (QED) is 0.815. The van der Waals surface area contributed by atoms with Crippen molar-refractivity contribution < 1.29 is 4.79 Å². The van der Waals surface area contributed by atoms with E-state index in [4.69, 9.17) is 34.8 Å². The van der Waals surface area contributed by atoms with E-state index in [0.29, 0.717) is 17.1 Å². The van der Waals surface area contributed by atoms with Crippen LogP contribution in [0, 0.1) is 0 Å². The maximum Gasteiger partial charge on any atom is 0.252 e. The lowest BCUT2D eigenvalue weighted by atomic mass is 10.1. The second kappa shape index (κ2) is 6.98. The summed E-state index contributed by atoms with van der Waals surface area (Å²) >= 11 is 17.8. The fourth-order valence-corrected chi connectivity index (χ4v) is 2.38. The van der Waals surface area contributed by atoms with Gasteiger partial charge in [-0.25, -0.2) is 0 Å². The van der Waals surface area contributed by atoms with Crippen molar-refractivity contribution >= 4 is 40.7 Å². The molecule has 0 radical (unpaired) electrons. The summed E-state index contributed by atoms with van der Waals surface area (Å²) < 4.78 is 0. The van der Waals surface area contributed by atoms with Crippen molar-refractivity contribution in [2.75, 3.05) is 6.54 Å². The van der Waals surface area contributed by atoms with Gasteiger partial charge in [0.25, 0.3) is 5.91 Å². The largest absolute Gasteiger partial charge is 0.352 e. The van der Waals surface area contributed by atoms with E-state index in [1.807, 2.05) is 30.3 Å². The lowest BCUT2D eigenvalue weighted by Crippen LogP contribution is -2.26. The van der Waals surface area contributed by atoms with Crippen LogP contribution in [0.3, 0.4) is 0 Å². The van der Waals surface area contributed by atoms with Gasteiger partial charge in [0, 0.05) is 6.54 Å². The summed E-state index contributed by atoms with van der Waals surface area (Å²) in [5.41, 5.74) is 1.49. The van der Waals surface area contributed by atoms with Crippen LogP contribution in [-0.2, 0) is 6.42 Å². The lowest BCUT2D eigenvalue weighted by molar-refractivity contribution is 0.0954. The molecule has 5 heteroatoms. The molecule has 0 fully saturated rings. The Kier molecular flexibility index (Phi) is 5.30. The van der Waals surface area contributed by atoms with Crippen LogP contribution in [0.2, 0.25) is 15.1 Å². The van der Waals surface area contributed by atoms with Gasteiger partial charge in [-0.05, 0) is 24.1 Å². The van der Waals surface area contributed by atoms with Crippen molar-refractivity contribution in [1.29, 1.82) is 0 Å². The topological polar surface area (TPSA) is 29.1 Å². The fraction of sp³-hybridized carbons (Fsp3) is 0.133. The van der Waals surface area contributed by atoms with Gasteiger partial charge in [-0.1, -0.05) is 65.1 Å². The summed E-state index contributed by atoms with van der Waals surface area (Å²) in [4.78, 5) is 12.0. The summed E-state index contributed by atoms with van der Waals surface area (Å²) in [7, 11) is 0. The highest BCUT2D eigenvalue weighted by atomic mass is 35.5. The molecule has 0 saturated heterocycles. The summed E-state index contributed by atoms with van der Waals surface area (Å²) in [6.45, 7) is 0.527. The number of halogens is 3. The molecule has 0 aliphatic rings. The van der Waals surface area contributed by atoms with Gasteiger partial charge >= 0.3 is 0 Å². The van der Waals surface area contributed by atoms with Crippen LogP contribution in [0.15, 0.2) is 42.5 Å². The molecule has 0 aliphatic carbocycles. The van der Waals surface area contributed by atoms with Crippen LogP contribution in [-0.4, -0.2) is 12.5 Å². The van der Waals surface area contributed by atoms with Gasteiger partial charge in [0.15, 0.2) is 0 Å². The Morgan fingerprint density at radius 2 is 1.65 bits per heavy atom. The highest BCUT2D eigenvalue weighted by Crippen LogP contribution is 2.32. The number of benzene rings is 2. The number of nitrogens with one attached hydrogen (secondary N) is 1. The van der Waals surface area contributed by atoms with Crippen LogP contribution in [0.5, 0.6) is 0 Å². The monoisotopic (exact) mass is 327 g/mol. The Balaban J connectivity index is 1.97. The first-order valence-corrected chi connectivity index (χ1v) is 7.18. The Labute approximate surface area is 132 Å². The summed E-state index contributed by atoms with van der Waals surface area (Å²) in [5.74, 6) is -0.260. The van der Waals surface area contributed by atoms with Gasteiger partial charge in [0.2, 0.25) is 0 Å². The van der Waals surface area contributed by atoms with E-state index in [2.05, 4.69) is 5.32 Å². The normalized spacial score (nSPS) is 10.3. The summed E-state index contributed by atoms with van der Waals surface area (Å²) in [6.07, 6.45) is 0.755. The predicted molar refractivity (Wildman–Crippen MR) is 84.0 cm³/mol. The zero-order valence-corrected chi connectivity index (χ0v) is 12.8. The molecule has 0 aromatic heterocycles. The molecule has 2 aromatic rings. The van der Waals surface area contributed by atoms with E-state index in [1.165, 1.54) is 0 Å². The zero-order chi connectivity index (χ0) is 14.5. The van der Waals surface area contributed by atoms with Crippen LogP contribution in [0.4, 0.5) is 0 Å². The maximum atomic E-state index is 12.0. The van der Waals surface area contributed by atoms with Gasteiger partial charge in [0.05, 0.1) is 20.6 Å². The smallest absolute Gasteiger partial charge is 0.252 e. The minimum atomic E-state index is -0.260. The van der Waals surface area contributed by atoms with E-state index in [1.54, 1.807) is 12.1 Å². The van der Waals surface area contributed by atoms with Crippen molar-refractivity contribution in [2.45, 2.75) is 6.42 Å². The van der Waals surface area contributed by atoms with E-state index in [0.717, 1.165) is 12.0 Å². The second-order valence-electron chi connectivity index (χ2n) is 4.21. The summed E-state index contributed by atoms with van der Waals surface area (Å²) in [5, 5.41) is 3.52. The van der Waals surface area contributed by atoms with Crippen LogP contribution in [0.1, 0.15) is 15.9 Å². The Bertz CT molecular complexity index is 614. The first kappa shape index (κ1) is 15.2. The number of hydrogen-bond donors (Lipinski definition) is 1. The van der Waals surface area contributed by atoms with E-state index in [-0.39, 0.29) is 16.0 Å². The van der Waals surface area contributed by atoms with Gasteiger partial charge < -0.3 is 5.32 Å². The molecule has 0 saturated carbocycles. The molecule has 2 rings (SSSR count). The maximum absolute atomic E-state index is 12.0. The minimum absolute atomic E-state index is 0.177. The van der Waals surface area contributed by atoms with Crippen molar-refractivity contribution in [3.63, 3.8) is 0 Å². The average molecular weight is 329 g/mol. The first-order valence-electron chi connectivity index (χ1n) is 6.05. The molecule has 2 aromatic carbocycles. The van der Waals surface area contributed by atoms with Crippen molar-refractivity contribution in [3.8, 4) is 0 Å². The SMILES string of the molecule is O=C(NCCc1ccccc1)c1ccc(Cl)c(Cl)c1Cl. The van der Waals surface area contributed by atoms with E-state index >= 15 is 0 Å². The van der Waals surface area contributed by atoms with Crippen molar-refractivity contribution in [2.24, 2.45) is 0 Å². The molecule has 0 heterocycles. The Hall–Kier alpha value is -1.22. The molecule has 0 spiro atoms. The molecule has 0 unspecified atom stereocenters. The van der Waals surface area contributed by atoms with Crippen molar-refractivity contribution in [3.05, 3.63) is 68.7 Å². The standard InChI is InChI=1S/C15H12Cl3NO/c16-12-7-6-11(13(17)14(12)18)15(20)19-9-8-10-4-2-1-3-5-10/h1-7H,8-9H2,(H,19,20). The van der Waals surface area contributed by atoms with E-state index < -0.39 is 0 Å². The lowest BCUT2D eigenvalue weighted by Gasteiger charge is -2.08. The van der Waals surface area contributed by atoms with Crippen molar-refractivity contribution in [1.82, 2.24) is 5.32 Å². The number of carbonyl (C=O) groups excluding carboxylic acids is 1. The zero-order valence-electron chi connectivity index (χ0n) is 10.5. The molecule has 2 nitrogen and oxygen atoms in total. The van der Waals surface area contributed by atoms with E-state index in [9.17, 15) is 4.79 Å². The highest BCUT2D eigenvalue weighted by molar-refractivity contribution is 6.49. The Morgan fingerprint density at radius 1 is 0.950 bits per heavy atom. The summed E-state index contributed by atoms with van der Waals surface area (Å²) in [6, 6.07) is 13.0. The third-order valence-electron chi connectivity index (χ3n) is 2.82. The highest BCUT2D eigenvalue weighted by Gasteiger charge is 2.14. The van der Waals surface area contributed by atoms with Gasteiger partial charge in [0.1, 0.15) is 0 Å². The van der Waals surface area contributed by atoms with Crippen LogP contribution in [0.25, 0.3) is 0 Å². The van der Waals surface area contributed by atoms with Crippen LogP contribution < -0.4 is 5.32 Å². The van der Waals surface area contributed by atoms with Gasteiger partial charge in [-0.3, -0.25) is 4.79 Å². The molecule has 0 atom stereocenters. The number of hydrogen-bond acceptors (Lipinski definition) is 1. The Morgan fingerprint density at radius 3 is 2.35 bits per heavy atom. The first-order chi connectivity index (χ1) is 9.59. The van der Waals surface area contributed by atoms with Gasteiger partial charge in [-0.15, -0.1) is 0 Å². The molecule has 104 valence electrons. The molecule has 1 N–H and O–H groups in total. The molecule has 0 bridgehead atoms. The third-order valence-corrected chi connectivity index (χ3v) is 4.12. The predicted octanol–water partition coefficient (Wildman–Crippen LogP) is 4.62. The molecular formula is C15H12Cl3NO. The molecule has 20 heavy (non-hydrogen) atoms. The van der Waals surface area contributed by atoms with Gasteiger partial charge in [-0.2, -0.15) is 0 Å². The third kappa shape index (κ3) is 3.66. The number of amides is 1. The number of rotatable bonds is 4. The molecule has 0 aliphatic heterocycles. The average Bonchev–Trinajstić information content (AvgIpc) is 2.46. The van der Waals surface area contributed by atoms with Crippen LogP contribution >= 0.6 is 34.8 Å². The molecule has 1 amide bonds. The number of carbonyl (C=O) groups is 1. The molecular weight excluding hydrogens is 317 g/mol. The fourth-order valence-electron chi connectivity index (χ4n) is 1.76. The minimum Gasteiger partial charge on any atom is -0.352 e. The second-order valence-corrected chi connectivity index (χ2v) is 5.38.